The summed E-state index contributed by atoms with van der Waals surface area (Å²) in [7, 11) is 0. The van der Waals surface area contributed by atoms with Crippen molar-refractivity contribution in [1.29, 1.82) is 0 Å². The van der Waals surface area contributed by atoms with Gasteiger partial charge in [0.25, 0.3) is 23.0 Å². The lowest BCUT2D eigenvalue weighted by molar-refractivity contribution is -0.403. The smallest absolute Gasteiger partial charge is 0.267 e. The fourth-order valence-corrected chi connectivity index (χ4v) is 2.44. The van der Waals surface area contributed by atoms with Crippen molar-refractivity contribution in [2.24, 2.45) is 0 Å². The number of amides is 1. The lowest BCUT2D eigenvalue weighted by Gasteiger charge is -2.08. The molecule has 1 amide bonds. The molecule has 0 aliphatic heterocycles. The Morgan fingerprint density at radius 2 is 1.56 bits per heavy atom. The third-order valence-electron chi connectivity index (χ3n) is 3.59. The fraction of sp³-hybridized carbons (Fsp3) is 0. The maximum Gasteiger partial charge on any atom is 0.296 e. The molecule has 13 nitrogen and oxygen atoms in total. The van der Waals surface area contributed by atoms with E-state index in [2.05, 4.69) is 10.4 Å². The summed E-state index contributed by atoms with van der Waals surface area (Å²) in [5.41, 5.74) is -0.696. The predicted octanol–water partition coefficient (Wildman–Crippen LogP) is 2.14. The number of benzene rings is 2. The second-order valence-electron chi connectivity index (χ2n) is 5.17. The molecule has 13 heteroatoms. The van der Waals surface area contributed by atoms with Crippen LogP contribution in [0.4, 0.5) is 17.1 Å². The van der Waals surface area contributed by atoms with Gasteiger partial charge in [-0.25, -0.2) is 9.66 Å². The van der Waals surface area contributed by atoms with E-state index in [9.17, 15) is 35.1 Å². The molecule has 1 heterocycles. The first-order valence-corrected chi connectivity index (χ1v) is 7.14. The Morgan fingerprint density at radius 1 is 0.963 bits per heavy atom. The van der Waals surface area contributed by atoms with E-state index >= 15 is 0 Å². The van der Waals surface area contributed by atoms with E-state index < -0.39 is 43.3 Å². The van der Waals surface area contributed by atoms with Crippen molar-refractivity contribution in [3.05, 3.63) is 78.6 Å². The lowest BCUT2D eigenvalue weighted by Crippen LogP contribution is -2.24. The van der Waals surface area contributed by atoms with Crippen molar-refractivity contribution in [3.8, 4) is 0 Å². The Hall–Kier alpha value is -4.42. The van der Waals surface area contributed by atoms with Gasteiger partial charge in [-0.15, -0.1) is 0 Å². The van der Waals surface area contributed by atoms with Gasteiger partial charge >= 0.3 is 0 Å². The zero-order valence-corrected chi connectivity index (χ0v) is 13.1. The van der Waals surface area contributed by atoms with Gasteiger partial charge in [-0.2, -0.15) is 0 Å². The molecule has 0 bridgehead atoms. The number of carbonyl (C=O) groups is 1. The number of fused-ring (bicyclic) bond motifs is 1. The summed E-state index contributed by atoms with van der Waals surface area (Å²) in [5.74, 6) is -1.19. The van der Waals surface area contributed by atoms with Gasteiger partial charge in [0.15, 0.2) is 5.56 Å². The predicted molar refractivity (Wildman–Crippen MR) is 89.8 cm³/mol. The van der Waals surface area contributed by atoms with Crippen molar-refractivity contribution in [1.82, 2.24) is 9.66 Å². The number of nitrogens with zero attached hydrogens (tertiary/aromatic N) is 5. The zero-order chi connectivity index (χ0) is 19.7. The molecule has 0 aliphatic carbocycles. The van der Waals surface area contributed by atoms with E-state index in [1.807, 2.05) is 0 Å². The second kappa shape index (κ2) is 6.47. The van der Waals surface area contributed by atoms with Crippen molar-refractivity contribution >= 4 is 34.0 Å². The molecule has 0 radical (unpaired) electrons. The second-order valence-corrected chi connectivity index (χ2v) is 5.17. The summed E-state index contributed by atoms with van der Waals surface area (Å²) >= 11 is 0. The van der Waals surface area contributed by atoms with Crippen LogP contribution in [0.25, 0.3) is 11.0 Å². The van der Waals surface area contributed by atoms with Gasteiger partial charge in [0.05, 0.1) is 37.9 Å². The van der Waals surface area contributed by atoms with Crippen LogP contribution < -0.4 is 5.43 Å². The Kier molecular flexibility index (Phi) is 4.17. The molecule has 0 saturated carbocycles. The number of rotatable bonds is 5. The molecule has 0 unspecified atom stereocenters. The molecule has 2 aromatic carbocycles. The third-order valence-corrected chi connectivity index (χ3v) is 3.59. The average molecular weight is 372 g/mol. The van der Waals surface area contributed by atoms with Gasteiger partial charge in [-0.1, -0.05) is 12.1 Å². The molecule has 1 N–H and O–H groups in total. The summed E-state index contributed by atoms with van der Waals surface area (Å²) in [5, 5.41) is 33.4. The standard InChI is InChI=1S/C14H8N6O7/c21-14(16-17-7-15-9-3-1-2-4-10(9)17)13-11(19(24)25)5-8(18(22)23)6-12(13)20(26)27/h1-7H,(H,16,21). The summed E-state index contributed by atoms with van der Waals surface area (Å²) in [4.78, 5) is 46.7. The van der Waals surface area contributed by atoms with Crippen molar-refractivity contribution in [3.63, 3.8) is 0 Å². The molecule has 0 fully saturated rings. The van der Waals surface area contributed by atoms with E-state index in [0.29, 0.717) is 23.2 Å². The van der Waals surface area contributed by atoms with Crippen LogP contribution in [0.2, 0.25) is 0 Å². The number of carbonyl (C=O) groups excluding carboxylic acids is 1. The van der Waals surface area contributed by atoms with Gasteiger partial charge in [-0.05, 0) is 12.1 Å². The Bertz CT molecular complexity index is 1090. The van der Waals surface area contributed by atoms with Crippen molar-refractivity contribution in [2.75, 3.05) is 5.43 Å². The summed E-state index contributed by atoms with van der Waals surface area (Å²) in [6.45, 7) is 0. The highest BCUT2D eigenvalue weighted by Gasteiger charge is 2.35. The number of imidazole rings is 1. The molecule has 3 aromatic rings. The van der Waals surface area contributed by atoms with Crippen LogP contribution in [0.3, 0.4) is 0 Å². The van der Waals surface area contributed by atoms with E-state index in [1.54, 1.807) is 24.3 Å². The van der Waals surface area contributed by atoms with E-state index in [0.717, 1.165) is 4.68 Å². The van der Waals surface area contributed by atoms with Gasteiger partial charge in [0.1, 0.15) is 6.33 Å². The number of nitro groups is 3. The van der Waals surface area contributed by atoms with Gasteiger partial charge in [-0.3, -0.25) is 40.6 Å². The molecule has 27 heavy (non-hydrogen) atoms. The average Bonchev–Trinajstić information content (AvgIpc) is 3.03. The van der Waals surface area contributed by atoms with Gasteiger partial charge in [0, 0.05) is 0 Å². The fourth-order valence-electron chi connectivity index (χ4n) is 2.44. The molecular formula is C14H8N6O7. The van der Waals surface area contributed by atoms with Crippen LogP contribution in [0.15, 0.2) is 42.7 Å². The molecule has 136 valence electrons. The Morgan fingerprint density at radius 3 is 2.11 bits per heavy atom. The van der Waals surface area contributed by atoms with Crippen LogP contribution in [-0.2, 0) is 0 Å². The van der Waals surface area contributed by atoms with Crippen LogP contribution in [-0.4, -0.2) is 30.3 Å². The van der Waals surface area contributed by atoms with Crippen molar-refractivity contribution < 1.29 is 19.6 Å². The first-order chi connectivity index (χ1) is 12.8. The monoisotopic (exact) mass is 372 g/mol. The molecule has 0 atom stereocenters. The first kappa shape index (κ1) is 17.4. The molecule has 3 rings (SSSR count). The highest BCUT2D eigenvalue weighted by molar-refractivity contribution is 6.07. The summed E-state index contributed by atoms with van der Waals surface area (Å²) < 4.78 is 1.13. The molecule has 1 aromatic heterocycles. The maximum atomic E-state index is 12.5. The summed E-state index contributed by atoms with van der Waals surface area (Å²) in [6.07, 6.45) is 1.21. The van der Waals surface area contributed by atoms with E-state index in [4.69, 9.17) is 0 Å². The molecule has 0 spiro atoms. The topological polar surface area (TPSA) is 176 Å². The van der Waals surface area contributed by atoms with E-state index in [1.165, 1.54) is 6.33 Å². The zero-order valence-electron chi connectivity index (χ0n) is 13.1. The molecule has 0 aliphatic rings. The Labute approximate surface area is 148 Å². The molecule has 0 saturated heterocycles. The minimum atomic E-state index is -1.19. The van der Waals surface area contributed by atoms with Crippen molar-refractivity contribution in [2.45, 2.75) is 0 Å². The quantitative estimate of drug-likeness (QED) is 0.523. The number of nitro benzene ring substituents is 3. The molecular weight excluding hydrogens is 364 g/mol. The summed E-state index contributed by atoms with van der Waals surface area (Å²) in [6, 6.07) is 7.59. The minimum Gasteiger partial charge on any atom is -0.267 e. The lowest BCUT2D eigenvalue weighted by atomic mass is 10.1. The SMILES string of the molecule is O=C(Nn1cnc2ccccc21)c1c([N+](=O)[O-])cc([N+](=O)[O-])cc1[N+](=O)[O-]. The number of nitrogens with one attached hydrogen (secondary N) is 1. The number of hydrogen-bond donors (Lipinski definition) is 1. The largest absolute Gasteiger partial charge is 0.296 e. The normalized spacial score (nSPS) is 10.5. The number of non-ortho nitro benzene ring substituents is 1. The van der Waals surface area contributed by atoms with Gasteiger partial charge in [0.2, 0.25) is 0 Å². The van der Waals surface area contributed by atoms with Crippen LogP contribution in [0, 0.1) is 30.3 Å². The Balaban J connectivity index is 2.14. The van der Waals surface area contributed by atoms with Gasteiger partial charge < -0.3 is 0 Å². The first-order valence-electron chi connectivity index (χ1n) is 7.14. The highest BCUT2D eigenvalue weighted by Crippen LogP contribution is 2.33. The van der Waals surface area contributed by atoms with Crippen LogP contribution in [0.5, 0.6) is 0 Å². The number of hydrogen-bond acceptors (Lipinski definition) is 8. The third kappa shape index (κ3) is 3.11. The maximum absolute atomic E-state index is 12.5. The van der Waals surface area contributed by atoms with Crippen LogP contribution in [0.1, 0.15) is 10.4 Å². The van der Waals surface area contributed by atoms with E-state index in [-0.39, 0.29) is 0 Å². The number of aromatic nitrogens is 2. The highest BCUT2D eigenvalue weighted by atomic mass is 16.6. The minimum absolute atomic E-state index is 0.443. The number of para-hydroxylation sites is 2. The van der Waals surface area contributed by atoms with Crippen LogP contribution >= 0.6 is 0 Å².